The van der Waals surface area contributed by atoms with Crippen molar-refractivity contribution < 1.29 is 20.4 Å². The van der Waals surface area contributed by atoms with Crippen molar-refractivity contribution >= 4 is 51.4 Å². The first-order chi connectivity index (χ1) is 22.1. The van der Waals surface area contributed by atoms with Crippen LogP contribution in [0, 0.1) is 33.1 Å². The minimum atomic E-state index is -0.156. The van der Waals surface area contributed by atoms with Crippen LogP contribution in [-0.4, -0.2) is 110 Å². The Balaban J connectivity index is 1.68. The van der Waals surface area contributed by atoms with E-state index in [1.54, 1.807) is 18.8 Å². The average Bonchev–Trinajstić information content (AvgIpc) is 3.58. The molecule has 0 bridgehead atoms. The first kappa shape index (κ1) is 32.6. The minimum absolute atomic E-state index is 0.0233. The summed E-state index contributed by atoms with van der Waals surface area (Å²) in [6.45, 7) is 8.14. The van der Waals surface area contributed by atoms with Crippen LogP contribution in [0.5, 0.6) is 0 Å². The molecule has 0 radical (unpaired) electrons. The summed E-state index contributed by atoms with van der Waals surface area (Å²) < 4.78 is 3.54. The van der Waals surface area contributed by atoms with Crippen molar-refractivity contribution in [3.8, 4) is 0 Å². The summed E-state index contributed by atoms with van der Waals surface area (Å²) in [5.41, 5.74) is 12.8. The van der Waals surface area contributed by atoms with Gasteiger partial charge in [0, 0.05) is 37.6 Å². The van der Waals surface area contributed by atoms with E-state index in [1.807, 2.05) is 52.0 Å². The molecule has 1 aliphatic heterocycles. The molecule has 0 amide bonds. The normalized spacial score (nSPS) is 15.3. The Bertz CT molecular complexity index is 1860. The zero-order valence-electron chi connectivity index (χ0n) is 26.5. The van der Waals surface area contributed by atoms with Gasteiger partial charge in [-0.3, -0.25) is 5.41 Å². The Labute approximate surface area is 266 Å². The second kappa shape index (κ2) is 13.7. The summed E-state index contributed by atoms with van der Waals surface area (Å²) in [4.78, 5) is 13.3. The number of aryl methyl sites for hydroxylation is 4. The van der Waals surface area contributed by atoms with Gasteiger partial charge in [-0.25, -0.2) is 19.0 Å². The summed E-state index contributed by atoms with van der Waals surface area (Å²) in [6, 6.07) is 7.74. The van der Waals surface area contributed by atoms with Crippen LogP contribution in [0.3, 0.4) is 0 Å². The maximum atomic E-state index is 9.76. The molecule has 46 heavy (non-hydrogen) atoms. The molecule has 5 rings (SSSR count). The molecule has 15 heteroatoms. The highest BCUT2D eigenvalue weighted by Crippen LogP contribution is 2.36. The van der Waals surface area contributed by atoms with Crippen molar-refractivity contribution in [1.29, 1.82) is 5.41 Å². The van der Waals surface area contributed by atoms with Crippen molar-refractivity contribution in [3.05, 3.63) is 58.6 Å². The van der Waals surface area contributed by atoms with Gasteiger partial charge in [0.25, 0.3) is 0 Å². The second-order valence-electron chi connectivity index (χ2n) is 11.1. The van der Waals surface area contributed by atoms with E-state index >= 15 is 0 Å². The van der Waals surface area contributed by atoms with Gasteiger partial charge < -0.3 is 41.3 Å². The number of nitrogens with two attached hydrogens (primary N) is 1. The summed E-state index contributed by atoms with van der Waals surface area (Å²) in [5.74, 6) is 1.31. The molecule has 1 aliphatic rings. The van der Waals surface area contributed by atoms with Crippen LogP contribution >= 0.6 is 0 Å². The van der Waals surface area contributed by atoms with Crippen molar-refractivity contribution in [1.82, 2.24) is 24.5 Å². The molecule has 15 nitrogen and oxygen atoms in total. The molecule has 4 aromatic rings. The van der Waals surface area contributed by atoms with E-state index in [0.29, 0.717) is 34.0 Å². The molecular weight excluding hydrogens is 590 g/mol. The Morgan fingerprint density at radius 2 is 1.13 bits per heavy atom. The molecular formula is C31H41N11O4. The molecule has 0 saturated heterocycles. The molecule has 4 aromatic heterocycles. The van der Waals surface area contributed by atoms with Crippen molar-refractivity contribution in [2.24, 2.45) is 15.7 Å². The largest absolute Gasteiger partial charge is 0.396 e. The van der Waals surface area contributed by atoms with Gasteiger partial charge in [0.05, 0.1) is 48.9 Å². The van der Waals surface area contributed by atoms with Crippen LogP contribution in [0.2, 0.25) is 0 Å². The Morgan fingerprint density at radius 1 is 0.717 bits per heavy atom. The average molecular weight is 632 g/mol. The lowest BCUT2D eigenvalue weighted by Gasteiger charge is -2.22. The van der Waals surface area contributed by atoms with E-state index in [1.165, 1.54) is 6.08 Å². The molecule has 0 spiro atoms. The summed E-state index contributed by atoms with van der Waals surface area (Å²) in [5, 5.41) is 60.5. The number of hydrogen-bond acceptors (Lipinski definition) is 12. The predicted molar refractivity (Wildman–Crippen MR) is 179 cm³/mol. The molecule has 0 fully saturated rings. The highest BCUT2D eigenvalue weighted by Gasteiger charge is 2.26. The number of aliphatic hydroxyl groups excluding tert-OH is 4. The first-order valence-corrected chi connectivity index (χ1v) is 15.1. The van der Waals surface area contributed by atoms with Gasteiger partial charge >= 0.3 is 0 Å². The van der Waals surface area contributed by atoms with E-state index in [0.717, 1.165) is 22.5 Å². The smallest absolute Gasteiger partial charge is 0.177 e. The number of anilines is 2. The number of fused-ring (bicyclic) bond motifs is 2. The van der Waals surface area contributed by atoms with Crippen molar-refractivity contribution in [3.63, 3.8) is 0 Å². The monoisotopic (exact) mass is 631 g/mol. The SMILES string of the molecule is Cc1ccc2c(/N=C3\N/C(=N\c4c(N(CCO)CCO)nn5c(C)c(C)ccc45)C(N)=CC3=N)c(N(CCO)CCO)nn2c1C. The number of hydrogen-bond donors (Lipinski definition) is 7. The maximum Gasteiger partial charge on any atom is 0.177 e. The summed E-state index contributed by atoms with van der Waals surface area (Å²) in [6.07, 6.45) is 1.47. The number of aromatic nitrogens is 4. The maximum absolute atomic E-state index is 9.76. The summed E-state index contributed by atoms with van der Waals surface area (Å²) >= 11 is 0. The van der Waals surface area contributed by atoms with E-state index < -0.39 is 0 Å². The lowest BCUT2D eigenvalue weighted by molar-refractivity contribution is 0.280. The Morgan fingerprint density at radius 3 is 1.54 bits per heavy atom. The van der Waals surface area contributed by atoms with Crippen LogP contribution in [-0.2, 0) is 0 Å². The number of amidine groups is 2. The quantitative estimate of drug-likeness (QED) is 0.118. The number of nitrogens with one attached hydrogen (secondary N) is 2. The summed E-state index contributed by atoms with van der Waals surface area (Å²) in [7, 11) is 0. The van der Waals surface area contributed by atoms with E-state index in [-0.39, 0.29) is 75.7 Å². The minimum Gasteiger partial charge on any atom is -0.396 e. The Hall–Kier alpha value is -4.83. The lowest BCUT2D eigenvalue weighted by atomic mass is 10.1. The third kappa shape index (κ3) is 6.04. The zero-order valence-corrected chi connectivity index (χ0v) is 26.5. The number of aliphatic imine (C=N–C) groups is 2. The van der Waals surface area contributed by atoms with Crippen molar-refractivity contribution in [2.75, 3.05) is 62.4 Å². The molecule has 0 aliphatic carbocycles. The van der Waals surface area contributed by atoms with Crippen LogP contribution in [0.4, 0.5) is 23.0 Å². The van der Waals surface area contributed by atoms with Gasteiger partial charge in [-0.05, 0) is 57.0 Å². The topological polar surface area (TPSA) is 209 Å². The molecule has 244 valence electrons. The van der Waals surface area contributed by atoms with Crippen LogP contribution in [0.1, 0.15) is 22.5 Å². The fourth-order valence-electron chi connectivity index (χ4n) is 5.33. The van der Waals surface area contributed by atoms with Gasteiger partial charge in [-0.1, -0.05) is 12.1 Å². The number of rotatable bonds is 12. The van der Waals surface area contributed by atoms with Crippen LogP contribution < -0.4 is 20.9 Å². The van der Waals surface area contributed by atoms with Gasteiger partial charge in [-0.15, -0.1) is 10.2 Å². The standard InChI is InChI=1S/C31H41N11O4/c1-18-5-7-24-26(30(37-41(24)20(18)3)39(9-13-43)10-14-44)34-28-22(32)17-23(33)29(36-28)35-27-25-8-6-19(2)21(4)42(25)38-31(27)40(11-15-45)12-16-46/h5-8,17,32,43-46H,9-16,33H2,1-4H3,(H,34,35,36). The molecule has 0 saturated carbocycles. The predicted octanol–water partition coefficient (Wildman–Crippen LogP) is 1.02. The molecule has 0 atom stereocenters. The molecule has 5 heterocycles. The Kier molecular flexibility index (Phi) is 9.67. The van der Waals surface area contributed by atoms with E-state index in [9.17, 15) is 20.4 Å². The highest BCUT2D eigenvalue weighted by atomic mass is 16.3. The fraction of sp³-hybridized carbons (Fsp3) is 0.387. The van der Waals surface area contributed by atoms with Crippen LogP contribution in [0.25, 0.3) is 11.0 Å². The van der Waals surface area contributed by atoms with Gasteiger partial charge in [0.1, 0.15) is 11.4 Å². The second-order valence-corrected chi connectivity index (χ2v) is 11.1. The molecule has 8 N–H and O–H groups in total. The number of aliphatic hydroxyl groups is 4. The van der Waals surface area contributed by atoms with E-state index in [2.05, 4.69) is 5.32 Å². The van der Waals surface area contributed by atoms with Gasteiger partial charge in [-0.2, -0.15) is 0 Å². The zero-order chi connectivity index (χ0) is 33.1. The third-order valence-electron chi connectivity index (χ3n) is 8.11. The van der Waals surface area contributed by atoms with Gasteiger partial charge in [0.15, 0.2) is 23.3 Å². The van der Waals surface area contributed by atoms with Crippen molar-refractivity contribution in [2.45, 2.75) is 27.7 Å². The molecule has 0 aromatic carbocycles. The van der Waals surface area contributed by atoms with E-state index in [4.69, 9.17) is 31.3 Å². The van der Waals surface area contributed by atoms with Crippen LogP contribution in [0.15, 0.2) is 46.0 Å². The third-order valence-corrected chi connectivity index (χ3v) is 8.11. The molecule has 0 unspecified atom stereocenters. The highest BCUT2D eigenvalue weighted by molar-refractivity contribution is 6.50. The van der Waals surface area contributed by atoms with Gasteiger partial charge in [0.2, 0.25) is 0 Å². The lowest BCUT2D eigenvalue weighted by Crippen LogP contribution is -2.42. The number of pyridine rings is 2. The fourth-order valence-corrected chi connectivity index (χ4v) is 5.33. The first-order valence-electron chi connectivity index (χ1n) is 15.1. The number of nitrogens with zero attached hydrogens (tertiary/aromatic N) is 8.